The highest BCUT2D eigenvalue weighted by Gasteiger charge is 2.08. The molecule has 0 fully saturated rings. The molecule has 0 radical (unpaired) electrons. The van der Waals surface area contributed by atoms with Gasteiger partial charge >= 0.3 is 5.97 Å². The molecule has 1 N–H and O–H groups in total. The van der Waals surface area contributed by atoms with Crippen molar-refractivity contribution in [2.75, 3.05) is 0 Å². The first-order valence-electron chi connectivity index (χ1n) is 8.35. The van der Waals surface area contributed by atoms with Crippen LogP contribution in [0.15, 0.2) is 76.4 Å². The predicted molar refractivity (Wildman–Crippen MR) is 110 cm³/mol. The Kier molecular flexibility index (Phi) is 6.29. The normalized spacial score (nSPS) is 10.6. The lowest BCUT2D eigenvalue weighted by atomic mass is 10.2. The Balaban J connectivity index is 1.56. The Morgan fingerprint density at radius 1 is 1.07 bits per heavy atom. The topological polar surface area (TPSA) is 80.6 Å². The van der Waals surface area contributed by atoms with Crippen LogP contribution >= 0.6 is 15.9 Å². The van der Waals surface area contributed by atoms with E-state index < -0.39 is 5.97 Å². The fraction of sp³-hybridized carbons (Fsp3) is 0.0476. The molecule has 6 nitrogen and oxygen atoms in total. The highest BCUT2D eigenvalue weighted by atomic mass is 79.9. The lowest BCUT2D eigenvalue weighted by Gasteiger charge is -2.05. The number of hydrogen-bond acceptors (Lipinski definition) is 5. The number of carbonyl (C=O) groups excluding carboxylic acids is 2. The molecule has 0 atom stereocenters. The van der Waals surface area contributed by atoms with E-state index >= 15 is 0 Å². The largest absolute Gasteiger partial charge is 0.423 e. The lowest BCUT2D eigenvalue weighted by molar-refractivity contribution is 0.0734. The van der Waals surface area contributed by atoms with Crippen molar-refractivity contribution in [3.63, 3.8) is 0 Å². The maximum absolute atomic E-state index is 12.1. The van der Waals surface area contributed by atoms with E-state index in [4.69, 9.17) is 4.74 Å². The Morgan fingerprint density at radius 2 is 1.86 bits per heavy atom. The molecule has 0 aliphatic carbocycles. The van der Waals surface area contributed by atoms with Crippen molar-refractivity contribution in [2.24, 2.45) is 5.10 Å². The number of hydrazone groups is 1. The minimum Gasteiger partial charge on any atom is -0.423 e. The summed E-state index contributed by atoms with van der Waals surface area (Å²) in [5.41, 5.74) is 4.90. The zero-order chi connectivity index (χ0) is 19.9. The fourth-order valence-electron chi connectivity index (χ4n) is 2.24. The van der Waals surface area contributed by atoms with Crippen molar-refractivity contribution in [2.45, 2.75) is 6.92 Å². The van der Waals surface area contributed by atoms with Gasteiger partial charge in [0.1, 0.15) is 5.75 Å². The minimum atomic E-state index is -0.443. The van der Waals surface area contributed by atoms with Gasteiger partial charge in [0.15, 0.2) is 0 Å². The minimum absolute atomic E-state index is 0.344. The van der Waals surface area contributed by atoms with Gasteiger partial charge in [-0.2, -0.15) is 5.10 Å². The van der Waals surface area contributed by atoms with Crippen molar-refractivity contribution in [1.29, 1.82) is 0 Å². The van der Waals surface area contributed by atoms with E-state index in [1.807, 2.05) is 13.0 Å². The summed E-state index contributed by atoms with van der Waals surface area (Å²) in [5, 5.41) is 3.92. The summed E-state index contributed by atoms with van der Waals surface area (Å²) in [6.07, 6.45) is 2.99. The Bertz CT molecular complexity index is 1020. The molecule has 3 rings (SSSR count). The van der Waals surface area contributed by atoms with Crippen molar-refractivity contribution >= 4 is 34.0 Å². The standard InChI is InChI=1S/C21H16BrN3O3/c1-14-5-8-17(13-23-14)20(26)25-24-12-15-6-9-19(10-7-15)28-21(27)16-3-2-4-18(22)11-16/h2-13H,1H3,(H,25,26). The quantitative estimate of drug-likeness (QED) is 0.281. The molecule has 140 valence electrons. The van der Waals surface area contributed by atoms with E-state index in [2.05, 4.69) is 31.4 Å². The monoisotopic (exact) mass is 437 g/mol. The van der Waals surface area contributed by atoms with E-state index in [1.54, 1.807) is 54.6 Å². The van der Waals surface area contributed by atoms with Crippen LogP contribution in [0.4, 0.5) is 0 Å². The van der Waals surface area contributed by atoms with Crippen molar-refractivity contribution < 1.29 is 14.3 Å². The van der Waals surface area contributed by atoms with Gasteiger partial charge in [-0.3, -0.25) is 9.78 Å². The number of nitrogens with one attached hydrogen (secondary N) is 1. The maximum atomic E-state index is 12.1. The van der Waals surface area contributed by atoms with Gasteiger partial charge in [0.2, 0.25) is 0 Å². The molecule has 7 heteroatoms. The van der Waals surface area contributed by atoms with Crippen LogP contribution in [0.25, 0.3) is 0 Å². The number of carbonyl (C=O) groups is 2. The zero-order valence-electron chi connectivity index (χ0n) is 14.9. The molecule has 0 spiro atoms. The van der Waals surface area contributed by atoms with Crippen LogP contribution in [-0.2, 0) is 0 Å². The van der Waals surface area contributed by atoms with Gasteiger partial charge in [0.25, 0.3) is 5.91 Å². The van der Waals surface area contributed by atoms with E-state index in [9.17, 15) is 9.59 Å². The van der Waals surface area contributed by atoms with E-state index in [0.717, 1.165) is 15.7 Å². The van der Waals surface area contributed by atoms with Gasteiger partial charge in [0, 0.05) is 16.4 Å². The molecular weight excluding hydrogens is 422 g/mol. The molecule has 2 aromatic carbocycles. The Labute approximate surface area is 170 Å². The molecule has 1 heterocycles. The average molecular weight is 438 g/mol. The third-order valence-electron chi connectivity index (χ3n) is 3.70. The fourth-order valence-corrected chi connectivity index (χ4v) is 2.63. The van der Waals surface area contributed by atoms with Gasteiger partial charge in [-0.25, -0.2) is 10.2 Å². The van der Waals surface area contributed by atoms with Gasteiger partial charge in [-0.05, 0) is 67.1 Å². The number of hydrogen-bond donors (Lipinski definition) is 1. The second kappa shape index (κ2) is 9.05. The molecule has 1 amide bonds. The maximum Gasteiger partial charge on any atom is 0.343 e. The number of amides is 1. The smallest absolute Gasteiger partial charge is 0.343 e. The second-order valence-corrected chi connectivity index (χ2v) is 6.77. The number of halogens is 1. The van der Waals surface area contributed by atoms with Crippen molar-refractivity contribution in [1.82, 2.24) is 10.4 Å². The summed E-state index contributed by atoms with van der Waals surface area (Å²) >= 11 is 3.32. The molecule has 0 aliphatic heterocycles. The van der Waals surface area contributed by atoms with E-state index in [-0.39, 0.29) is 5.91 Å². The first-order valence-corrected chi connectivity index (χ1v) is 9.14. The number of ether oxygens (including phenoxy) is 1. The van der Waals surface area contributed by atoms with Crippen LogP contribution in [-0.4, -0.2) is 23.1 Å². The van der Waals surface area contributed by atoms with Crippen LogP contribution in [0, 0.1) is 6.92 Å². The number of nitrogens with zero attached hydrogens (tertiary/aromatic N) is 2. The van der Waals surface area contributed by atoms with Gasteiger partial charge in [-0.1, -0.05) is 22.0 Å². The molecule has 3 aromatic rings. The summed E-state index contributed by atoms with van der Waals surface area (Å²) in [4.78, 5) is 28.2. The third-order valence-corrected chi connectivity index (χ3v) is 4.20. The van der Waals surface area contributed by atoms with Crippen LogP contribution < -0.4 is 10.2 Å². The summed E-state index contributed by atoms with van der Waals surface area (Å²) in [6, 6.07) is 17.2. The number of pyridine rings is 1. The summed E-state index contributed by atoms with van der Waals surface area (Å²) < 4.78 is 6.14. The number of benzene rings is 2. The van der Waals surface area contributed by atoms with Crippen LogP contribution in [0.1, 0.15) is 32.0 Å². The van der Waals surface area contributed by atoms with Crippen LogP contribution in [0.5, 0.6) is 5.75 Å². The van der Waals surface area contributed by atoms with Crippen LogP contribution in [0.3, 0.4) is 0 Å². The molecule has 1 aromatic heterocycles. The highest BCUT2D eigenvalue weighted by molar-refractivity contribution is 9.10. The van der Waals surface area contributed by atoms with Crippen molar-refractivity contribution in [3.05, 3.63) is 93.7 Å². The van der Waals surface area contributed by atoms with Crippen molar-refractivity contribution in [3.8, 4) is 5.75 Å². The molecule has 0 saturated carbocycles. The van der Waals surface area contributed by atoms with Crippen LogP contribution in [0.2, 0.25) is 0 Å². The SMILES string of the molecule is Cc1ccc(C(=O)NN=Cc2ccc(OC(=O)c3cccc(Br)c3)cc2)cn1. The second-order valence-electron chi connectivity index (χ2n) is 5.86. The van der Waals surface area contributed by atoms with E-state index in [0.29, 0.717) is 16.9 Å². The van der Waals surface area contributed by atoms with Gasteiger partial charge < -0.3 is 4.74 Å². The average Bonchev–Trinajstić information content (AvgIpc) is 2.69. The number of esters is 1. The summed E-state index contributed by atoms with van der Waals surface area (Å²) in [5.74, 6) is -0.373. The summed E-state index contributed by atoms with van der Waals surface area (Å²) in [7, 11) is 0. The van der Waals surface area contributed by atoms with E-state index in [1.165, 1.54) is 12.4 Å². The predicted octanol–water partition coefficient (Wildman–Crippen LogP) is 4.14. The molecule has 0 bridgehead atoms. The molecule has 0 saturated heterocycles. The zero-order valence-corrected chi connectivity index (χ0v) is 16.5. The highest BCUT2D eigenvalue weighted by Crippen LogP contribution is 2.16. The molecular formula is C21H16BrN3O3. The number of aromatic nitrogens is 1. The summed E-state index contributed by atoms with van der Waals surface area (Å²) in [6.45, 7) is 1.85. The lowest BCUT2D eigenvalue weighted by Crippen LogP contribution is -2.17. The van der Waals surface area contributed by atoms with Gasteiger partial charge in [-0.15, -0.1) is 0 Å². The molecule has 0 aliphatic rings. The molecule has 0 unspecified atom stereocenters. The first-order chi connectivity index (χ1) is 13.5. The van der Waals surface area contributed by atoms with Gasteiger partial charge in [0.05, 0.1) is 17.3 Å². The third kappa shape index (κ3) is 5.34. The first kappa shape index (κ1) is 19.4. The number of aryl methyl sites for hydroxylation is 1. The Hall–Kier alpha value is -3.32. The molecule has 28 heavy (non-hydrogen) atoms. The Morgan fingerprint density at radius 3 is 2.54 bits per heavy atom. The number of rotatable bonds is 5.